The second kappa shape index (κ2) is 7.20. The Morgan fingerprint density at radius 1 is 1.08 bits per heavy atom. The van der Waals surface area contributed by atoms with E-state index in [9.17, 15) is 5.21 Å². The van der Waals surface area contributed by atoms with Gasteiger partial charge in [0.25, 0.3) is 0 Å². The van der Waals surface area contributed by atoms with Crippen molar-refractivity contribution in [2.75, 3.05) is 18.2 Å². The van der Waals surface area contributed by atoms with Gasteiger partial charge in [-0.2, -0.15) is 0 Å². The average molecular weight is 390 g/mol. The van der Waals surface area contributed by atoms with Gasteiger partial charge in [0.15, 0.2) is 0 Å². The Morgan fingerprint density at radius 2 is 1.77 bits per heavy atom. The highest BCUT2D eigenvalue weighted by Gasteiger charge is 2.44. The molecule has 1 saturated heterocycles. The molecule has 4 nitrogen and oxygen atoms in total. The van der Waals surface area contributed by atoms with Crippen molar-refractivity contribution in [1.29, 1.82) is 0 Å². The maximum absolute atomic E-state index is 11.0. The fourth-order valence-corrected chi connectivity index (χ4v) is 4.33. The molecular weight excluding hydrogens is 369 g/mol. The number of anilines is 1. The minimum absolute atomic E-state index is 0.182. The number of hydrogen-bond acceptors (Lipinski definition) is 3. The molecule has 0 saturated carbocycles. The van der Waals surface area contributed by atoms with Crippen LogP contribution in [0.25, 0.3) is 0 Å². The molecule has 6 heteroatoms. The van der Waals surface area contributed by atoms with Crippen LogP contribution in [0.4, 0.5) is 5.69 Å². The first-order valence-electron chi connectivity index (χ1n) is 8.86. The largest absolute Gasteiger partial charge is 0.317 e. The topological polar surface area (TPSA) is 47.9 Å². The number of benzene rings is 2. The van der Waals surface area contributed by atoms with Gasteiger partial charge >= 0.3 is 0 Å². The lowest BCUT2D eigenvalue weighted by atomic mass is 9.70. The summed E-state index contributed by atoms with van der Waals surface area (Å²) < 4.78 is 0. The predicted octanol–water partition coefficient (Wildman–Crippen LogP) is 4.71. The second-order valence-electron chi connectivity index (χ2n) is 7.04. The number of amidine groups is 1. The van der Waals surface area contributed by atoms with Crippen LogP contribution in [0.1, 0.15) is 24.0 Å². The number of halogens is 2. The molecule has 0 unspecified atom stereocenters. The number of nitrogens with zero attached hydrogens (tertiary/aromatic N) is 2. The summed E-state index contributed by atoms with van der Waals surface area (Å²) in [6.45, 7) is 2.36. The van der Waals surface area contributed by atoms with Gasteiger partial charge in [-0.05, 0) is 55.6 Å². The van der Waals surface area contributed by atoms with Gasteiger partial charge in [0.05, 0.1) is 22.3 Å². The lowest BCUT2D eigenvalue weighted by molar-refractivity contribution is 0.236. The van der Waals surface area contributed by atoms with Gasteiger partial charge in [0.1, 0.15) is 5.84 Å². The van der Waals surface area contributed by atoms with E-state index in [0.29, 0.717) is 22.3 Å². The molecule has 0 aromatic heterocycles. The summed E-state index contributed by atoms with van der Waals surface area (Å²) in [5, 5.41) is 16.6. The molecule has 0 radical (unpaired) electrons. The van der Waals surface area contributed by atoms with Gasteiger partial charge in [-0.1, -0.05) is 53.5 Å². The first-order chi connectivity index (χ1) is 12.6. The van der Waals surface area contributed by atoms with Crippen molar-refractivity contribution in [2.45, 2.75) is 25.8 Å². The fraction of sp³-hybridized carbons (Fsp3) is 0.350. The van der Waals surface area contributed by atoms with Crippen LogP contribution in [-0.4, -0.2) is 24.1 Å². The Hall–Kier alpha value is -1.59. The van der Waals surface area contributed by atoms with Gasteiger partial charge in [0, 0.05) is 5.41 Å². The molecule has 0 bridgehead atoms. The first-order valence-corrected chi connectivity index (χ1v) is 9.61. The van der Waals surface area contributed by atoms with Crippen molar-refractivity contribution in [1.82, 2.24) is 5.32 Å². The number of fused-ring (bicyclic) bond motifs is 1. The van der Waals surface area contributed by atoms with Crippen LogP contribution in [0, 0.1) is 5.41 Å². The van der Waals surface area contributed by atoms with E-state index < -0.39 is 0 Å². The molecule has 2 aliphatic heterocycles. The Bertz CT molecular complexity index is 832. The minimum atomic E-state index is -0.182. The quantitative estimate of drug-likeness (QED) is 0.781. The lowest BCUT2D eigenvalue weighted by Crippen LogP contribution is -2.52. The molecule has 136 valence electrons. The van der Waals surface area contributed by atoms with E-state index in [1.54, 1.807) is 6.07 Å². The summed E-state index contributed by atoms with van der Waals surface area (Å²) in [7, 11) is 0. The SMILES string of the molecule is ON1C(=NCc2ccccc2)C2(CCNCC2)Cc2cc(Cl)c(Cl)cc21. The van der Waals surface area contributed by atoms with Crippen LogP contribution in [0.5, 0.6) is 0 Å². The molecule has 2 aromatic rings. The minimum Gasteiger partial charge on any atom is -0.317 e. The number of aliphatic imine (C=N–C) groups is 1. The smallest absolute Gasteiger partial charge is 0.136 e. The first kappa shape index (κ1) is 17.8. The molecule has 2 aromatic carbocycles. The van der Waals surface area contributed by atoms with Crippen LogP contribution in [0.15, 0.2) is 47.5 Å². The Balaban J connectivity index is 1.76. The van der Waals surface area contributed by atoms with E-state index in [1.807, 2.05) is 36.4 Å². The molecule has 4 rings (SSSR count). The van der Waals surface area contributed by atoms with Gasteiger partial charge in [0.2, 0.25) is 0 Å². The molecule has 0 aliphatic carbocycles. The van der Waals surface area contributed by atoms with Gasteiger partial charge in [-0.25, -0.2) is 5.06 Å². The van der Waals surface area contributed by atoms with Crippen LogP contribution < -0.4 is 10.4 Å². The Morgan fingerprint density at radius 3 is 2.50 bits per heavy atom. The third-order valence-electron chi connectivity index (χ3n) is 5.37. The van der Waals surface area contributed by atoms with Crippen molar-refractivity contribution in [2.24, 2.45) is 10.4 Å². The zero-order valence-electron chi connectivity index (χ0n) is 14.4. The van der Waals surface area contributed by atoms with E-state index in [1.165, 1.54) is 5.06 Å². The zero-order valence-corrected chi connectivity index (χ0v) is 15.9. The summed E-state index contributed by atoms with van der Waals surface area (Å²) >= 11 is 12.4. The monoisotopic (exact) mass is 389 g/mol. The van der Waals surface area contributed by atoms with E-state index >= 15 is 0 Å². The molecule has 0 atom stereocenters. The van der Waals surface area contributed by atoms with Crippen LogP contribution in [0.3, 0.4) is 0 Å². The van der Waals surface area contributed by atoms with Crippen LogP contribution >= 0.6 is 23.2 Å². The molecule has 0 amide bonds. The fourth-order valence-electron chi connectivity index (χ4n) is 3.99. The van der Waals surface area contributed by atoms with Crippen molar-refractivity contribution in [3.05, 3.63) is 63.6 Å². The van der Waals surface area contributed by atoms with Crippen LogP contribution in [-0.2, 0) is 13.0 Å². The highest BCUT2D eigenvalue weighted by molar-refractivity contribution is 6.42. The van der Waals surface area contributed by atoms with Gasteiger partial charge in [-0.3, -0.25) is 10.2 Å². The standard InChI is InChI=1S/C20H21Cl2N3O/c21-16-10-15-12-20(6-8-23-9-7-20)19(25(26)18(15)11-17(16)22)24-13-14-4-2-1-3-5-14/h1-5,10-11,23,26H,6-9,12-13H2. The van der Waals surface area contributed by atoms with E-state index in [-0.39, 0.29) is 5.41 Å². The molecule has 2 aliphatic rings. The second-order valence-corrected chi connectivity index (χ2v) is 7.85. The summed E-state index contributed by atoms with van der Waals surface area (Å²) in [5.41, 5.74) is 2.63. The predicted molar refractivity (Wildman–Crippen MR) is 107 cm³/mol. The molecule has 26 heavy (non-hydrogen) atoms. The van der Waals surface area contributed by atoms with Gasteiger partial charge < -0.3 is 5.32 Å². The van der Waals surface area contributed by atoms with E-state index in [4.69, 9.17) is 28.2 Å². The normalized spacial score (nSPS) is 20.4. The third-order valence-corrected chi connectivity index (χ3v) is 6.09. The van der Waals surface area contributed by atoms with E-state index in [2.05, 4.69) is 5.32 Å². The Kier molecular flexibility index (Phi) is 4.93. The van der Waals surface area contributed by atoms with Crippen molar-refractivity contribution < 1.29 is 5.21 Å². The average Bonchev–Trinajstić information content (AvgIpc) is 2.65. The number of rotatable bonds is 2. The highest BCUT2D eigenvalue weighted by Crippen LogP contribution is 2.45. The summed E-state index contributed by atoms with van der Waals surface area (Å²) in [6, 6.07) is 13.7. The zero-order chi connectivity index (χ0) is 18.1. The van der Waals surface area contributed by atoms with Gasteiger partial charge in [-0.15, -0.1) is 0 Å². The summed E-state index contributed by atoms with van der Waals surface area (Å²) in [5.74, 6) is 0.730. The highest BCUT2D eigenvalue weighted by atomic mass is 35.5. The lowest BCUT2D eigenvalue weighted by Gasteiger charge is -2.45. The van der Waals surface area contributed by atoms with Crippen molar-refractivity contribution >= 4 is 34.7 Å². The molecular formula is C20H21Cl2N3O. The van der Waals surface area contributed by atoms with Crippen LogP contribution in [0.2, 0.25) is 10.0 Å². The summed E-state index contributed by atoms with van der Waals surface area (Å²) in [6.07, 6.45) is 2.67. The van der Waals surface area contributed by atoms with Crippen molar-refractivity contribution in [3.8, 4) is 0 Å². The third kappa shape index (κ3) is 3.23. The van der Waals surface area contributed by atoms with Crippen molar-refractivity contribution in [3.63, 3.8) is 0 Å². The number of hydroxylamine groups is 1. The summed E-state index contributed by atoms with van der Waals surface area (Å²) in [4.78, 5) is 4.85. The maximum atomic E-state index is 11.0. The molecule has 2 N–H and O–H groups in total. The molecule has 1 fully saturated rings. The van der Waals surface area contributed by atoms with E-state index in [0.717, 1.165) is 49.3 Å². The maximum Gasteiger partial charge on any atom is 0.136 e. The molecule has 2 heterocycles. The number of nitrogens with one attached hydrogen (secondary N) is 1. The molecule has 1 spiro atoms. The number of piperidine rings is 1. The Labute approximate surface area is 163 Å². The number of hydrogen-bond donors (Lipinski definition) is 2.